The van der Waals surface area contributed by atoms with Crippen molar-refractivity contribution < 1.29 is 0 Å². The molecule has 0 aliphatic carbocycles. The second kappa shape index (κ2) is 5.72. The fourth-order valence-corrected chi connectivity index (χ4v) is 1.55. The van der Waals surface area contributed by atoms with E-state index in [4.69, 9.17) is 0 Å². The molecule has 0 rings (SSSR count). The predicted octanol–water partition coefficient (Wildman–Crippen LogP) is 2.54. The van der Waals surface area contributed by atoms with Crippen LogP contribution in [-0.2, 0) is 0 Å². The number of nitrogens with one attached hydrogen (secondary N) is 2. The van der Waals surface area contributed by atoms with Gasteiger partial charge in [0.05, 0.1) is 0 Å². The van der Waals surface area contributed by atoms with Gasteiger partial charge in [-0.15, -0.1) is 0 Å². The largest absolute Gasteiger partial charge is 0.311 e. The van der Waals surface area contributed by atoms with Crippen LogP contribution >= 0.6 is 0 Å². The molecule has 0 saturated heterocycles. The van der Waals surface area contributed by atoms with E-state index < -0.39 is 0 Å². The molecule has 2 N–H and O–H groups in total. The summed E-state index contributed by atoms with van der Waals surface area (Å²) >= 11 is 0. The zero-order chi connectivity index (χ0) is 11.2. The molecular weight excluding hydrogens is 172 g/mol. The molecule has 0 spiro atoms. The third-order valence-corrected chi connectivity index (χ3v) is 2.26. The van der Waals surface area contributed by atoms with Crippen LogP contribution in [0.3, 0.4) is 0 Å². The van der Waals surface area contributed by atoms with Gasteiger partial charge in [-0.1, -0.05) is 13.3 Å². The number of hydrogen-bond acceptors (Lipinski definition) is 2. The highest BCUT2D eigenvalue weighted by Gasteiger charge is 2.15. The van der Waals surface area contributed by atoms with Gasteiger partial charge in [0, 0.05) is 24.2 Å². The van der Waals surface area contributed by atoms with Crippen LogP contribution in [-0.4, -0.2) is 24.2 Å². The summed E-state index contributed by atoms with van der Waals surface area (Å²) in [6.45, 7) is 15.5. The van der Waals surface area contributed by atoms with Crippen LogP contribution in [0, 0.1) is 0 Å². The van der Waals surface area contributed by atoms with Crippen molar-refractivity contribution in [2.75, 3.05) is 13.1 Å². The van der Waals surface area contributed by atoms with Crippen LogP contribution in [0.25, 0.3) is 0 Å². The molecule has 0 unspecified atom stereocenters. The second-order valence-corrected chi connectivity index (χ2v) is 5.74. The van der Waals surface area contributed by atoms with Crippen molar-refractivity contribution in [2.24, 2.45) is 0 Å². The standard InChI is InChI=1S/C12H28N2/c1-7-8-12(5,6)14-10-9-13-11(2,3)4/h13-14H,7-10H2,1-6H3. The zero-order valence-electron chi connectivity index (χ0n) is 10.8. The average Bonchev–Trinajstić information content (AvgIpc) is 1.96. The molecule has 0 saturated carbocycles. The lowest BCUT2D eigenvalue weighted by Crippen LogP contribution is -2.46. The van der Waals surface area contributed by atoms with Crippen LogP contribution in [0.4, 0.5) is 0 Å². The molecule has 0 amide bonds. The minimum absolute atomic E-state index is 0.233. The van der Waals surface area contributed by atoms with Gasteiger partial charge < -0.3 is 10.6 Å². The van der Waals surface area contributed by atoms with E-state index in [0.29, 0.717) is 0 Å². The van der Waals surface area contributed by atoms with E-state index in [1.807, 2.05) is 0 Å². The van der Waals surface area contributed by atoms with Crippen molar-refractivity contribution in [3.8, 4) is 0 Å². The average molecular weight is 200 g/mol. The summed E-state index contributed by atoms with van der Waals surface area (Å²) in [6, 6.07) is 0. The maximum atomic E-state index is 3.57. The van der Waals surface area contributed by atoms with Crippen LogP contribution < -0.4 is 10.6 Å². The molecule has 0 radical (unpaired) electrons. The molecule has 86 valence electrons. The lowest BCUT2D eigenvalue weighted by atomic mass is 9.99. The summed E-state index contributed by atoms with van der Waals surface area (Å²) in [5.41, 5.74) is 0.519. The smallest absolute Gasteiger partial charge is 0.0125 e. The Bertz CT molecular complexity index is 145. The van der Waals surface area contributed by atoms with Gasteiger partial charge in [-0.05, 0) is 41.0 Å². The van der Waals surface area contributed by atoms with Gasteiger partial charge in [-0.2, -0.15) is 0 Å². The van der Waals surface area contributed by atoms with Gasteiger partial charge in [0.1, 0.15) is 0 Å². The molecule has 0 bridgehead atoms. The summed E-state index contributed by atoms with van der Waals surface area (Å²) in [7, 11) is 0. The van der Waals surface area contributed by atoms with Gasteiger partial charge in [0.15, 0.2) is 0 Å². The van der Waals surface area contributed by atoms with Gasteiger partial charge >= 0.3 is 0 Å². The normalized spacial score (nSPS) is 13.3. The maximum Gasteiger partial charge on any atom is 0.0125 e. The van der Waals surface area contributed by atoms with E-state index in [0.717, 1.165) is 13.1 Å². The fraction of sp³-hybridized carbons (Fsp3) is 1.00. The molecule has 0 aromatic rings. The number of hydrogen-bond donors (Lipinski definition) is 2. The molecule has 2 heteroatoms. The molecular formula is C12H28N2. The van der Waals surface area contributed by atoms with Crippen molar-refractivity contribution >= 4 is 0 Å². The third-order valence-electron chi connectivity index (χ3n) is 2.26. The minimum Gasteiger partial charge on any atom is -0.311 e. The molecule has 0 aliphatic rings. The number of rotatable bonds is 6. The quantitative estimate of drug-likeness (QED) is 0.644. The molecule has 2 nitrogen and oxygen atoms in total. The predicted molar refractivity (Wildman–Crippen MR) is 64.7 cm³/mol. The molecule has 0 aromatic carbocycles. The Hall–Kier alpha value is -0.0800. The van der Waals surface area contributed by atoms with E-state index in [1.165, 1.54) is 12.8 Å². The van der Waals surface area contributed by atoms with Gasteiger partial charge in [0.2, 0.25) is 0 Å². The highest BCUT2D eigenvalue weighted by atomic mass is 15.0. The van der Waals surface area contributed by atoms with E-state index >= 15 is 0 Å². The van der Waals surface area contributed by atoms with Crippen LogP contribution in [0.15, 0.2) is 0 Å². The van der Waals surface area contributed by atoms with Gasteiger partial charge in [-0.3, -0.25) is 0 Å². The molecule has 14 heavy (non-hydrogen) atoms. The molecule has 0 aromatic heterocycles. The zero-order valence-corrected chi connectivity index (χ0v) is 10.8. The van der Waals surface area contributed by atoms with Crippen molar-refractivity contribution in [3.63, 3.8) is 0 Å². The minimum atomic E-state index is 0.233. The summed E-state index contributed by atoms with van der Waals surface area (Å²) in [5.74, 6) is 0. The lowest BCUT2D eigenvalue weighted by Gasteiger charge is -2.27. The van der Waals surface area contributed by atoms with E-state index in [-0.39, 0.29) is 11.1 Å². The lowest BCUT2D eigenvalue weighted by molar-refractivity contribution is 0.342. The van der Waals surface area contributed by atoms with E-state index in [1.54, 1.807) is 0 Å². The Morgan fingerprint density at radius 1 is 0.857 bits per heavy atom. The molecule has 0 fully saturated rings. The van der Waals surface area contributed by atoms with Crippen molar-refractivity contribution in [2.45, 2.75) is 65.5 Å². The second-order valence-electron chi connectivity index (χ2n) is 5.74. The third kappa shape index (κ3) is 8.52. The van der Waals surface area contributed by atoms with Crippen LogP contribution in [0.5, 0.6) is 0 Å². The van der Waals surface area contributed by atoms with Crippen molar-refractivity contribution in [1.29, 1.82) is 0 Å². The Kier molecular flexibility index (Phi) is 5.68. The summed E-state index contributed by atoms with van der Waals surface area (Å²) in [4.78, 5) is 0. The van der Waals surface area contributed by atoms with E-state index in [9.17, 15) is 0 Å². The van der Waals surface area contributed by atoms with Crippen molar-refractivity contribution in [3.05, 3.63) is 0 Å². The highest BCUT2D eigenvalue weighted by Crippen LogP contribution is 2.09. The topological polar surface area (TPSA) is 24.1 Å². The van der Waals surface area contributed by atoms with Crippen LogP contribution in [0.1, 0.15) is 54.4 Å². The monoisotopic (exact) mass is 200 g/mol. The summed E-state index contributed by atoms with van der Waals surface area (Å²) in [5, 5.41) is 7.04. The van der Waals surface area contributed by atoms with E-state index in [2.05, 4.69) is 52.2 Å². The fourth-order valence-electron chi connectivity index (χ4n) is 1.55. The van der Waals surface area contributed by atoms with Crippen LogP contribution in [0.2, 0.25) is 0 Å². The summed E-state index contributed by atoms with van der Waals surface area (Å²) < 4.78 is 0. The highest BCUT2D eigenvalue weighted by molar-refractivity contribution is 4.78. The Morgan fingerprint density at radius 3 is 1.79 bits per heavy atom. The first-order chi connectivity index (χ1) is 6.27. The molecule has 0 aliphatic heterocycles. The van der Waals surface area contributed by atoms with Crippen molar-refractivity contribution in [1.82, 2.24) is 10.6 Å². The van der Waals surface area contributed by atoms with Gasteiger partial charge in [-0.25, -0.2) is 0 Å². The SMILES string of the molecule is CCCC(C)(C)NCCNC(C)(C)C. The Labute approximate surface area is 89.9 Å². The first-order valence-corrected chi connectivity index (χ1v) is 5.77. The molecule has 0 heterocycles. The van der Waals surface area contributed by atoms with Gasteiger partial charge in [0.25, 0.3) is 0 Å². The Morgan fingerprint density at radius 2 is 1.36 bits per heavy atom. The Balaban J connectivity index is 3.54. The first kappa shape index (κ1) is 13.9. The molecule has 0 atom stereocenters. The first-order valence-electron chi connectivity index (χ1n) is 5.77. The summed E-state index contributed by atoms with van der Waals surface area (Å²) in [6.07, 6.45) is 2.48. The maximum absolute atomic E-state index is 3.57.